The first-order valence-corrected chi connectivity index (χ1v) is 5.03. The summed E-state index contributed by atoms with van der Waals surface area (Å²) < 4.78 is 5.09. The molecule has 0 aliphatic heterocycles. The van der Waals surface area contributed by atoms with Gasteiger partial charge in [0.25, 0.3) is 0 Å². The summed E-state index contributed by atoms with van der Waals surface area (Å²) >= 11 is 0. The fraction of sp³-hybridized carbons (Fsp3) is 0.308. The van der Waals surface area contributed by atoms with Gasteiger partial charge in [0.1, 0.15) is 5.75 Å². The van der Waals surface area contributed by atoms with Crippen LogP contribution in [0.15, 0.2) is 36.9 Å². The lowest BCUT2D eigenvalue weighted by molar-refractivity contribution is -0.143. The van der Waals surface area contributed by atoms with E-state index < -0.39 is 11.4 Å². The maximum Gasteiger partial charge on any atom is 0.314 e. The zero-order valence-electron chi connectivity index (χ0n) is 9.56. The van der Waals surface area contributed by atoms with E-state index in [2.05, 4.69) is 6.58 Å². The standard InChI is InChI=1S/C13H16O3/c1-4-8-13(2,12(14)15)10-6-5-7-11(9-10)16-3/h4-7,9H,1,8H2,2-3H3,(H,14,15). The summed E-state index contributed by atoms with van der Waals surface area (Å²) in [4.78, 5) is 11.3. The molecule has 0 aliphatic rings. The monoisotopic (exact) mass is 220 g/mol. The zero-order valence-corrected chi connectivity index (χ0v) is 9.56. The minimum absolute atomic E-state index is 0.384. The Balaban J connectivity index is 3.20. The predicted molar refractivity (Wildman–Crippen MR) is 62.8 cm³/mol. The van der Waals surface area contributed by atoms with E-state index in [1.165, 1.54) is 0 Å². The third kappa shape index (κ3) is 2.24. The van der Waals surface area contributed by atoms with Crippen molar-refractivity contribution in [3.63, 3.8) is 0 Å². The Morgan fingerprint density at radius 3 is 2.81 bits per heavy atom. The van der Waals surface area contributed by atoms with Crippen LogP contribution in [0.1, 0.15) is 18.9 Å². The molecule has 0 heterocycles. The molecule has 86 valence electrons. The number of allylic oxidation sites excluding steroid dienone is 1. The number of hydrogen-bond acceptors (Lipinski definition) is 2. The first-order valence-electron chi connectivity index (χ1n) is 5.03. The van der Waals surface area contributed by atoms with Gasteiger partial charge in [-0.2, -0.15) is 0 Å². The summed E-state index contributed by atoms with van der Waals surface area (Å²) in [5, 5.41) is 9.29. The molecule has 0 fully saturated rings. The van der Waals surface area contributed by atoms with E-state index >= 15 is 0 Å². The van der Waals surface area contributed by atoms with Crippen molar-refractivity contribution in [3.8, 4) is 5.75 Å². The second kappa shape index (κ2) is 4.84. The lowest BCUT2D eigenvalue weighted by Crippen LogP contribution is -2.31. The van der Waals surface area contributed by atoms with Gasteiger partial charge in [-0.1, -0.05) is 18.2 Å². The molecule has 1 N–H and O–H groups in total. The molecular weight excluding hydrogens is 204 g/mol. The first kappa shape index (κ1) is 12.3. The van der Waals surface area contributed by atoms with E-state index in [4.69, 9.17) is 4.74 Å². The van der Waals surface area contributed by atoms with Gasteiger partial charge in [0.2, 0.25) is 0 Å². The molecule has 1 atom stereocenters. The fourth-order valence-electron chi connectivity index (χ4n) is 1.58. The van der Waals surface area contributed by atoms with Crippen LogP contribution in [0.2, 0.25) is 0 Å². The minimum Gasteiger partial charge on any atom is -0.497 e. The Bertz CT molecular complexity index is 398. The molecule has 1 aromatic carbocycles. The smallest absolute Gasteiger partial charge is 0.314 e. The number of benzene rings is 1. The Labute approximate surface area is 95.4 Å². The average molecular weight is 220 g/mol. The van der Waals surface area contributed by atoms with Crippen LogP contribution in [-0.4, -0.2) is 18.2 Å². The molecule has 0 saturated carbocycles. The number of rotatable bonds is 5. The summed E-state index contributed by atoms with van der Waals surface area (Å²) in [6, 6.07) is 7.12. The van der Waals surface area contributed by atoms with E-state index in [9.17, 15) is 9.90 Å². The highest BCUT2D eigenvalue weighted by Gasteiger charge is 2.33. The third-order valence-electron chi connectivity index (χ3n) is 2.73. The van der Waals surface area contributed by atoms with Crippen LogP contribution in [0.4, 0.5) is 0 Å². The van der Waals surface area contributed by atoms with Crippen molar-refractivity contribution in [1.82, 2.24) is 0 Å². The third-order valence-corrected chi connectivity index (χ3v) is 2.73. The number of methoxy groups -OCH3 is 1. The highest BCUT2D eigenvalue weighted by atomic mass is 16.5. The van der Waals surface area contributed by atoms with Crippen molar-refractivity contribution in [1.29, 1.82) is 0 Å². The van der Waals surface area contributed by atoms with Crippen molar-refractivity contribution in [2.24, 2.45) is 0 Å². The maximum absolute atomic E-state index is 11.3. The van der Waals surface area contributed by atoms with Crippen LogP contribution < -0.4 is 4.74 Å². The summed E-state index contributed by atoms with van der Waals surface area (Å²) in [7, 11) is 1.56. The lowest BCUT2D eigenvalue weighted by Gasteiger charge is -2.24. The normalized spacial score (nSPS) is 13.9. The van der Waals surface area contributed by atoms with Crippen molar-refractivity contribution >= 4 is 5.97 Å². The van der Waals surface area contributed by atoms with Gasteiger partial charge in [-0.25, -0.2) is 0 Å². The van der Waals surface area contributed by atoms with E-state index in [0.717, 1.165) is 5.56 Å². The topological polar surface area (TPSA) is 46.5 Å². The van der Waals surface area contributed by atoms with Crippen molar-refractivity contribution in [3.05, 3.63) is 42.5 Å². The van der Waals surface area contributed by atoms with Gasteiger partial charge in [-0.15, -0.1) is 6.58 Å². The molecular formula is C13H16O3. The number of ether oxygens (including phenoxy) is 1. The highest BCUT2D eigenvalue weighted by molar-refractivity contribution is 5.81. The fourth-order valence-corrected chi connectivity index (χ4v) is 1.58. The Hall–Kier alpha value is -1.77. The Morgan fingerprint density at radius 2 is 2.31 bits per heavy atom. The Morgan fingerprint density at radius 1 is 1.62 bits per heavy atom. The van der Waals surface area contributed by atoms with Crippen LogP contribution in [0, 0.1) is 0 Å². The lowest BCUT2D eigenvalue weighted by atomic mass is 9.79. The number of carboxylic acid groups (broad SMARTS) is 1. The zero-order chi connectivity index (χ0) is 12.2. The van der Waals surface area contributed by atoms with Crippen LogP contribution in [0.5, 0.6) is 5.75 Å². The van der Waals surface area contributed by atoms with Gasteiger partial charge in [0, 0.05) is 0 Å². The molecule has 0 saturated heterocycles. The first-order chi connectivity index (χ1) is 7.54. The van der Waals surface area contributed by atoms with Crippen LogP contribution in [-0.2, 0) is 10.2 Å². The van der Waals surface area contributed by atoms with E-state index in [1.54, 1.807) is 44.4 Å². The van der Waals surface area contributed by atoms with Gasteiger partial charge >= 0.3 is 5.97 Å². The van der Waals surface area contributed by atoms with Gasteiger partial charge in [-0.3, -0.25) is 4.79 Å². The summed E-state index contributed by atoms with van der Waals surface area (Å²) in [5.74, 6) is -0.199. The van der Waals surface area contributed by atoms with E-state index in [1.807, 2.05) is 0 Å². The number of carbonyl (C=O) groups is 1. The molecule has 16 heavy (non-hydrogen) atoms. The van der Waals surface area contributed by atoms with Crippen LogP contribution in [0.25, 0.3) is 0 Å². The molecule has 0 aromatic heterocycles. The van der Waals surface area contributed by atoms with Crippen molar-refractivity contribution < 1.29 is 14.6 Å². The maximum atomic E-state index is 11.3. The molecule has 1 rings (SSSR count). The molecule has 0 bridgehead atoms. The molecule has 1 aromatic rings. The molecule has 0 radical (unpaired) electrons. The van der Waals surface area contributed by atoms with E-state index in [0.29, 0.717) is 12.2 Å². The summed E-state index contributed by atoms with van der Waals surface area (Å²) in [6.07, 6.45) is 2.00. The SMILES string of the molecule is C=CCC(C)(C(=O)O)c1cccc(OC)c1. The quantitative estimate of drug-likeness (QED) is 0.776. The van der Waals surface area contributed by atoms with Crippen molar-refractivity contribution in [2.75, 3.05) is 7.11 Å². The summed E-state index contributed by atoms with van der Waals surface area (Å²) in [5.41, 5.74) is -0.227. The van der Waals surface area contributed by atoms with Gasteiger partial charge < -0.3 is 9.84 Å². The van der Waals surface area contributed by atoms with Gasteiger partial charge in [0.15, 0.2) is 0 Å². The predicted octanol–water partition coefficient (Wildman–Crippen LogP) is 2.61. The second-order valence-electron chi connectivity index (χ2n) is 3.86. The number of carboxylic acids is 1. The van der Waals surface area contributed by atoms with Crippen LogP contribution in [0.3, 0.4) is 0 Å². The summed E-state index contributed by atoms with van der Waals surface area (Å²) in [6.45, 7) is 5.29. The molecule has 0 aliphatic carbocycles. The number of hydrogen-bond donors (Lipinski definition) is 1. The highest BCUT2D eigenvalue weighted by Crippen LogP contribution is 2.30. The molecule has 1 unspecified atom stereocenters. The Kier molecular flexibility index (Phi) is 3.72. The minimum atomic E-state index is -0.948. The molecule has 0 spiro atoms. The molecule has 0 amide bonds. The number of aliphatic carboxylic acids is 1. The van der Waals surface area contributed by atoms with Gasteiger partial charge in [0.05, 0.1) is 12.5 Å². The second-order valence-corrected chi connectivity index (χ2v) is 3.86. The van der Waals surface area contributed by atoms with Gasteiger partial charge in [-0.05, 0) is 31.0 Å². The molecule has 3 nitrogen and oxygen atoms in total. The van der Waals surface area contributed by atoms with Crippen molar-refractivity contribution in [2.45, 2.75) is 18.8 Å². The molecule has 3 heteroatoms. The van der Waals surface area contributed by atoms with E-state index in [-0.39, 0.29) is 0 Å². The average Bonchev–Trinajstić information content (AvgIpc) is 2.29. The van der Waals surface area contributed by atoms with Crippen LogP contribution >= 0.6 is 0 Å². The largest absolute Gasteiger partial charge is 0.497 e.